The van der Waals surface area contributed by atoms with E-state index in [9.17, 15) is 18.7 Å². The Morgan fingerprint density at radius 2 is 1.82 bits per heavy atom. The number of carboxylic acids is 1. The Balaban J connectivity index is 1.67. The molecule has 0 spiro atoms. The summed E-state index contributed by atoms with van der Waals surface area (Å²) in [6.45, 7) is 6.43. The minimum absolute atomic E-state index is 0.0270. The quantitative estimate of drug-likeness (QED) is 0.266. The number of hydrogen-bond donors (Lipinski definition) is 1. The molecule has 0 aromatic heterocycles. The van der Waals surface area contributed by atoms with Crippen molar-refractivity contribution >= 4 is 5.97 Å². The zero-order valence-electron chi connectivity index (χ0n) is 22.9. The molecule has 1 N–H and O–H groups in total. The van der Waals surface area contributed by atoms with E-state index in [0.29, 0.717) is 30.6 Å². The molecule has 0 amide bonds. The highest BCUT2D eigenvalue weighted by Crippen LogP contribution is 2.42. The Hall–Kier alpha value is -3.48. The van der Waals surface area contributed by atoms with Gasteiger partial charge in [-0.15, -0.1) is 0 Å². The Morgan fingerprint density at radius 3 is 2.51 bits per heavy atom. The van der Waals surface area contributed by atoms with Gasteiger partial charge in [0, 0.05) is 17.2 Å². The number of benzene rings is 3. The van der Waals surface area contributed by atoms with Gasteiger partial charge in [-0.3, -0.25) is 4.79 Å². The number of hydrogen-bond acceptors (Lipinski definition) is 3. The number of halogens is 3. The fourth-order valence-electron chi connectivity index (χ4n) is 5.75. The summed E-state index contributed by atoms with van der Waals surface area (Å²) in [6, 6.07) is 11.2. The van der Waals surface area contributed by atoms with Crippen LogP contribution in [0.5, 0.6) is 11.5 Å². The van der Waals surface area contributed by atoms with Gasteiger partial charge in [-0.05, 0) is 77.5 Å². The molecule has 3 aromatic carbocycles. The Bertz CT molecular complexity index is 1370. The number of rotatable bonds is 11. The number of fused-ring (bicyclic) bond motifs is 1. The minimum atomic E-state index is -1.05. The molecule has 0 saturated heterocycles. The summed E-state index contributed by atoms with van der Waals surface area (Å²) in [5, 5.41) is 9.19. The number of methoxy groups -OCH3 is 1. The van der Waals surface area contributed by atoms with Gasteiger partial charge in [0.05, 0.1) is 13.5 Å². The SMILES string of the molecule is CCCC(C)(C)Cc1cc(COc2cc(F)c3c(c2F)C(CC(=O)O)CC3)ccc1-c1cc(OC)ccc1F. The van der Waals surface area contributed by atoms with Crippen LogP contribution in [0.3, 0.4) is 0 Å². The average molecular weight is 541 g/mol. The molecule has 1 aliphatic carbocycles. The lowest BCUT2D eigenvalue weighted by Crippen LogP contribution is -2.15. The van der Waals surface area contributed by atoms with Crippen LogP contribution in [0.15, 0.2) is 42.5 Å². The van der Waals surface area contributed by atoms with E-state index in [2.05, 4.69) is 20.8 Å². The van der Waals surface area contributed by atoms with Crippen LogP contribution >= 0.6 is 0 Å². The van der Waals surface area contributed by atoms with Gasteiger partial charge in [-0.1, -0.05) is 45.4 Å². The van der Waals surface area contributed by atoms with Crippen LogP contribution in [0.1, 0.15) is 74.6 Å². The first-order valence-electron chi connectivity index (χ1n) is 13.3. The van der Waals surface area contributed by atoms with Crippen LogP contribution < -0.4 is 9.47 Å². The lowest BCUT2D eigenvalue weighted by Gasteiger charge is -2.26. The first-order chi connectivity index (χ1) is 18.5. The summed E-state index contributed by atoms with van der Waals surface area (Å²) in [4.78, 5) is 11.2. The van der Waals surface area contributed by atoms with Crippen LogP contribution in [0.2, 0.25) is 0 Å². The summed E-state index contributed by atoms with van der Waals surface area (Å²) in [5.74, 6) is -2.96. The van der Waals surface area contributed by atoms with Crippen molar-refractivity contribution < 1.29 is 32.5 Å². The van der Waals surface area contributed by atoms with Crippen molar-refractivity contribution in [2.75, 3.05) is 7.11 Å². The lowest BCUT2D eigenvalue weighted by atomic mass is 9.79. The van der Waals surface area contributed by atoms with E-state index in [0.717, 1.165) is 35.6 Å². The topological polar surface area (TPSA) is 55.8 Å². The molecule has 0 heterocycles. The van der Waals surface area contributed by atoms with Crippen molar-refractivity contribution in [2.45, 2.75) is 71.8 Å². The van der Waals surface area contributed by atoms with Crippen molar-refractivity contribution in [3.05, 3.63) is 82.2 Å². The van der Waals surface area contributed by atoms with Crippen molar-refractivity contribution in [2.24, 2.45) is 5.41 Å². The highest BCUT2D eigenvalue weighted by atomic mass is 19.1. The summed E-state index contributed by atoms with van der Waals surface area (Å²) in [5.41, 5.74) is 3.11. The summed E-state index contributed by atoms with van der Waals surface area (Å²) in [7, 11) is 1.54. The predicted octanol–water partition coefficient (Wildman–Crippen LogP) is 8.23. The molecule has 0 saturated carbocycles. The van der Waals surface area contributed by atoms with E-state index in [1.165, 1.54) is 13.2 Å². The molecule has 39 heavy (non-hydrogen) atoms. The Labute approximate surface area is 227 Å². The molecule has 0 radical (unpaired) electrons. The highest BCUT2D eigenvalue weighted by molar-refractivity contribution is 5.70. The van der Waals surface area contributed by atoms with E-state index in [1.807, 2.05) is 12.1 Å². The Kier molecular flexibility index (Phi) is 8.57. The van der Waals surface area contributed by atoms with Crippen LogP contribution in [0.25, 0.3) is 11.1 Å². The van der Waals surface area contributed by atoms with Gasteiger partial charge in [0.25, 0.3) is 0 Å². The van der Waals surface area contributed by atoms with Crippen LogP contribution in [0, 0.1) is 22.9 Å². The molecule has 4 nitrogen and oxygen atoms in total. The van der Waals surface area contributed by atoms with Crippen LogP contribution in [0.4, 0.5) is 13.2 Å². The number of carboxylic acid groups (broad SMARTS) is 1. The molecule has 7 heteroatoms. The first kappa shape index (κ1) is 28.5. The molecule has 1 unspecified atom stereocenters. The highest BCUT2D eigenvalue weighted by Gasteiger charge is 2.32. The van der Waals surface area contributed by atoms with E-state index in [-0.39, 0.29) is 41.1 Å². The summed E-state index contributed by atoms with van der Waals surface area (Å²) >= 11 is 0. The van der Waals surface area contributed by atoms with Gasteiger partial charge in [0.1, 0.15) is 24.0 Å². The second-order valence-electron chi connectivity index (χ2n) is 11.1. The third-order valence-electron chi connectivity index (χ3n) is 7.52. The zero-order valence-corrected chi connectivity index (χ0v) is 22.9. The fourth-order valence-corrected chi connectivity index (χ4v) is 5.75. The largest absolute Gasteiger partial charge is 0.497 e. The van der Waals surface area contributed by atoms with Gasteiger partial charge in [0.2, 0.25) is 0 Å². The number of aliphatic carboxylic acids is 1. The van der Waals surface area contributed by atoms with Crippen LogP contribution in [-0.2, 0) is 24.2 Å². The maximum Gasteiger partial charge on any atom is 0.303 e. The Morgan fingerprint density at radius 1 is 1.05 bits per heavy atom. The smallest absolute Gasteiger partial charge is 0.303 e. The second kappa shape index (κ2) is 11.7. The molecular weight excluding hydrogens is 505 g/mol. The zero-order chi connectivity index (χ0) is 28.3. The van der Waals surface area contributed by atoms with Gasteiger partial charge in [-0.2, -0.15) is 0 Å². The van der Waals surface area contributed by atoms with Gasteiger partial charge in [-0.25, -0.2) is 13.2 Å². The second-order valence-corrected chi connectivity index (χ2v) is 11.1. The summed E-state index contributed by atoms with van der Waals surface area (Å²) in [6.07, 6.45) is 3.09. The van der Waals surface area contributed by atoms with E-state index >= 15 is 4.39 Å². The summed E-state index contributed by atoms with van der Waals surface area (Å²) < 4.78 is 56.2. The van der Waals surface area contributed by atoms with Gasteiger partial charge >= 0.3 is 5.97 Å². The molecular formula is C32H35F3O4. The third kappa shape index (κ3) is 6.40. The average Bonchev–Trinajstić information content (AvgIpc) is 3.29. The molecule has 1 aliphatic rings. The molecule has 4 rings (SSSR count). The van der Waals surface area contributed by atoms with E-state index in [4.69, 9.17) is 9.47 Å². The molecule has 0 fully saturated rings. The van der Waals surface area contributed by atoms with Gasteiger partial charge in [0.15, 0.2) is 11.6 Å². The fraction of sp³-hybridized carbons (Fsp3) is 0.406. The molecule has 208 valence electrons. The van der Waals surface area contributed by atoms with E-state index in [1.54, 1.807) is 18.2 Å². The maximum absolute atomic E-state index is 15.4. The van der Waals surface area contributed by atoms with Crippen molar-refractivity contribution in [3.8, 4) is 22.6 Å². The number of ether oxygens (including phenoxy) is 2. The van der Waals surface area contributed by atoms with Gasteiger partial charge < -0.3 is 14.6 Å². The first-order valence-corrected chi connectivity index (χ1v) is 13.3. The lowest BCUT2D eigenvalue weighted by molar-refractivity contribution is -0.137. The standard InChI is InChI=1S/C32H35F3O4/c1-5-12-32(2,3)17-21-13-19(6-9-23(21)25-15-22(38-4)8-11-26(25)33)18-39-28-16-27(34)24-10-7-20(14-29(36)37)30(24)31(28)35/h6,8-9,11,13,15-16,20H,5,7,10,12,14,17-18H2,1-4H3,(H,36,37). The predicted molar refractivity (Wildman–Crippen MR) is 145 cm³/mol. The van der Waals surface area contributed by atoms with Crippen LogP contribution in [-0.4, -0.2) is 18.2 Å². The monoisotopic (exact) mass is 540 g/mol. The molecule has 3 aromatic rings. The number of carbonyl (C=O) groups is 1. The normalized spacial score (nSPS) is 14.8. The maximum atomic E-state index is 15.4. The minimum Gasteiger partial charge on any atom is -0.497 e. The van der Waals surface area contributed by atoms with E-state index < -0.39 is 23.5 Å². The molecule has 1 atom stereocenters. The molecule has 0 bridgehead atoms. The van der Waals surface area contributed by atoms with Crippen molar-refractivity contribution in [3.63, 3.8) is 0 Å². The van der Waals surface area contributed by atoms with Crippen molar-refractivity contribution in [1.29, 1.82) is 0 Å². The van der Waals surface area contributed by atoms with Crippen molar-refractivity contribution in [1.82, 2.24) is 0 Å². The third-order valence-corrected chi connectivity index (χ3v) is 7.52. The molecule has 0 aliphatic heterocycles.